The monoisotopic (exact) mass is 346 g/mol. The van der Waals surface area contributed by atoms with Crippen molar-refractivity contribution in [1.29, 1.82) is 0 Å². The van der Waals surface area contributed by atoms with Gasteiger partial charge >= 0.3 is 6.03 Å². The molecule has 0 bridgehead atoms. The van der Waals surface area contributed by atoms with E-state index in [1.165, 1.54) is 6.92 Å². The smallest absolute Gasteiger partial charge is 0.317 e. The number of anilines is 1. The van der Waals surface area contributed by atoms with Crippen molar-refractivity contribution in [3.8, 4) is 0 Å². The van der Waals surface area contributed by atoms with Crippen molar-refractivity contribution in [2.24, 2.45) is 0 Å². The fourth-order valence-corrected chi connectivity index (χ4v) is 3.51. The van der Waals surface area contributed by atoms with E-state index in [1.54, 1.807) is 12.4 Å². The van der Waals surface area contributed by atoms with Crippen molar-refractivity contribution in [1.82, 2.24) is 25.5 Å². The molecule has 2 saturated heterocycles. The molecule has 0 aromatic carbocycles. The predicted octanol–water partition coefficient (Wildman–Crippen LogP) is 0.756. The summed E-state index contributed by atoms with van der Waals surface area (Å²) in [6, 6.07) is 2.02. The van der Waals surface area contributed by atoms with Crippen LogP contribution in [-0.2, 0) is 4.79 Å². The molecule has 1 aromatic rings. The standard InChI is InChI=1S/C17H26N6O2/c1-13(24)20-15-4-2-9-23(12-15)17(25)21-14-5-10-22(11-6-14)16-18-7-3-8-19-16/h3,7-8,14-15H,2,4-6,9-12H2,1H3,(H,20,24)(H,21,25)/t15-/m1/s1. The molecule has 136 valence electrons. The number of hydrogen-bond acceptors (Lipinski definition) is 5. The lowest BCUT2D eigenvalue weighted by Crippen LogP contribution is -2.54. The number of piperidine rings is 2. The Labute approximate surface area is 148 Å². The Morgan fingerprint density at radius 1 is 1.04 bits per heavy atom. The van der Waals surface area contributed by atoms with Crippen LogP contribution in [0.5, 0.6) is 0 Å². The Hall–Kier alpha value is -2.38. The van der Waals surface area contributed by atoms with Gasteiger partial charge in [-0.15, -0.1) is 0 Å². The summed E-state index contributed by atoms with van der Waals surface area (Å²) in [5.41, 5.74) is 0. The summed E-state index contributed by atoms with van der Waals surface area (Å²) in [4.78, 5) is 36.2. The number of nitrogens with zero attached hydrogens (tertiary/aromatic N) is 4. The van der Waals surface area contributed by atoms with Crippen LogP contribution in [0.2, 0.25) is 0 Å². The van der Waals surface area contributed by atoms with Crippen molar-refractivity contribution in [3.63, 3.8) is 0 Å². The van der Waals surface area contributed by atoms with Crippen LogP contribution in [0, 0.1) is 0 Å². The van der Waals surface area contributed by atoms with Gasteiger partial charge in [-0.05, 0) is 31.7 Å². The molecule has 3 rings (SSSR count). The van der Waals surface area contributed by atoms with Gasteiger partial charge in [-0.25, -0.2) is 14.8 Å². The molecule has 2 N–H and O–H groups in total. The van der Waals surface area contributed by atoms with E-state index < -0.39 is 0 Å². The lowest BCUT2D eigenvalue weighted by molar-refractivity contribution is -0.119. The largest absolute Gasteiger partial charge is 0.352 e. The lowest BCUT2D eigenvalue weighted by Gasteiger charge is -2.36. The number of hydrogen-bond donors (Lipinski definition) is 2. The van der Waals surface area contributed by atoms with E-state index in [-0.39, 0.29) is 24.0 Å². The van der Waals surface area contributed by atoms with Gasteiger partial charge in [0.15, 0.2) is 0 Å². The van der Waals surface area contributed by atoms with Gasteiger partial charge in [-0.1, -0.05) is 0 Å². The zero-order valence-corrected chi connectivity index (χ0v) is 14.6. The van der Waals surface area contributed by atoms with Gasteiger partial charge in [0.1, 0.15) is 0 Å². The zero-order valence-electron chi connectivity index (χ0n) is 14.6. The minimum Gasteiger partial charge on any atom is -0.352 e. The summed E-state index contributed by atoms with van der Waals surface area (Å²) >= 11 is 0. The van der Waals surface area contributed by atoms with E-state index in [1.807, 2.05) is 11.0 Å². The van der Waals surface area contributed by atoms with Gasteiger partial charge in [-0.3, -0.25) is 4.79 Å². The highest BCUT2D eigenvalue weighted by Crippen LogP contribution is 2.16. The number of rotatable bonds is 3. The molecule has 8 nitrogen and oxygen atoms in total. The predicted molar refractivity (Wildman–Crippen MR) is 94.2 cm³/mol. The van der Waals surface area contributed by atoms with Crippen LogP contribution in [0.3, 0.4) is 0 Å². The van der Waals surface area contributed by atoms with Crippen molar-refractivity contribution >= 4 is 17.9 Å². The molecule has 0 radical (unpaired) electrons. The molecule has 2 aliphatic rings. The van der Waals surface area contributed by atoms with E-state index in [4.69, 9.17) is 0 Å². The molecule has 0 unspecified atom stereocenters. The minimum absolute atomic E-state index is 0.0236. The molecule has 8 heteroatoms. The first-order valence-corrected chi connectivity index (χ1v) is 8.96. The van der Waals surface area contributed by atoms with E-state index in [0.29, 0.717) is 6.54 Å². The van der Waals surface area contributed by atoms with Gasteiger partial charge in [0.2, 0.25) is 11.9 Å². The highest BCUT2D eigenvalue weighted by Gasteiger charge is 2.27. The van der Waals surface area contributed by atoms with E-state index in [2.05, 4.69) is 25.5 Å². The third-order valence-electron chi connectivity index (χ3n) is 4.77. The topological polar surface area (TPSA) is 90.5 Å². The van der Waals surface area contributed by atoms with Gasteiger partial charge in [0.25, 0.3) is 0 Å². The summed E-state index contributed by atoms with van der Waals surface area (Å²) < 4.78 is 0. The van der Waals surface area contributed by atoms with Crippen LogP contribution < -0.4 is 15.5 Å². The number of nitrogens with one attached hydrogen (secondary N) is 2. The van der Waals surface area contributed by atoms with Crippen molar-refractivity contribution in [2.75, 3.05) is 31.1 Å². The maximum absolute atomic E-state index is 12.5. The molecule has 1 aromatic heterocycles. The second-order valence-electron chi connectivity index (χ2n) is 6.75. The van der Waals surface area contributed by atoms with Crippen molar-refractivity contribution in [3.05, 3.63) is 18.5 Å². The zero-order chi connectivity index (χ0) is 17.6. The number of amides is 3. The number of carbonyl (C=O) groups excluding carboxylic acids is 2. The van der Waals surface area contributed by atoms with E-state index in [0.717, 1.165) is 51.3 Å². The highest BCUT2D eigenvalue weighted by atomic mass is 16.2. The fourth-order valence-electron chi connectivity index (χ4n) is 3.51. The van der Waals surface area contributed by atoms with Crippen LogP contribution in [0.1, 0.15) is 32.6 Å². The van der Waals surface area contributed by atoms with Gasteiger partial charge in [0, 0.05) is 57.6 Å². The quantitative estimate of drug-likeness (QED) is 0.843. The van der Waals surface area contributed by atoms with Crippen LogP contribution in [0.4, 0.5) is 10.7 Å². The Kier molecular flexibility index (Phi) is 5.67. The maximum atomic E-state index is 12.5. The van der Waals surface area contributed by atoms with Crippen LogP contribution >= 0.6 is 0 Å². The summed E-state index contributed by atoms with van der Waals surface area (Å²) in [7, 11) is 0. The molecule has 1 atom stereocenters. The summed E-state index contributed by atoms with van der Waals surface area (Å²) in [5, 5.41) is 6.05. The van der Waals surface area contributed by atoms with Crippen molar-refractivity contribution < 1.29 is 9.59 Å². The average molecular weight is 346 g/mol. The summed E-state index contributed by atoms with van der Waals surface area (Å²) in [6.45, 7) is 4.52. The van der Waals surface area contributed by atoms with E-state index >= 15 is 0 Å². The Morgan fingerprint density at radius 3 is 2.44 bits per heavy atom. The Morgan fingerprint density at radius 2 is 1.76 bits per heavy atom. The molecular weight excluding hydrogens is 320 g/mol. The summed E-state index contributed by atoms with van der Waals surface area (Å²) in [5.74, 6) is 0.712. The SMILES string of the molecule is CC(=O)N[C@@H]1CCCN(C(=O)NC2CCN(c3ncccn3)CC2)C1. The van der Waals surface area contributed by atoms with E-state index in [9.17, 15) is 9.59 Å². The number of urea groups is 1. The number of aromatic nitrogens is 2. The number of likely N-dealkylation sites (tertiary alicyclic amines) is 1. The molecule has 2 fully saturated rings. The molecular formula is C17H26N6O2. The minimum atomic E-state index is -0.0391. The molecule has 3 heterocycles. The first-order chi connectivity index (χ1) is 12.1. The van der Waals surface area contributed by atoms with Crippen LogP contribution in [0.15, 0.2) is 18.5 Å². The van der Waals surface area contributed by atoms with Gasteiger partial charge in [0.05, 0.1) is 0 Å². The molecule has 3 amide bonds. The highest BCUT2D eigenvalue weighted by molar-refractivity contribution is 5.75. The second-order valence-corrected chi connectivity index (χ2v) is 6.75. The van der Waals surface area contributed by atoms with Crippen LogP contribution in [0.25, 0.3) is 0 Å². The first-order valence-electron chi connectivity index (χ1n) is 8.96. The number of carbonyl (C=O) groups is 2. The molecule has 0 aliphatic carbocycles. The second kappa shape index (κ2) is 8.13. The molecule has 0 saturated carbocycles. The normalized spacial score (nSPS) is 21.7. The maximum Gasteiger partial charge on any atom is 0.317 e. The average Bonchev–Trinajstić information content (AvgIpc) is 2.63. The third-order valence-corrected chi connectivity index (χ3v) is 4.77. The summed E-state index contributed by atoms with van der Waals surface area (Å²) in [6.07, 6.45) is 7.11. The first kappa shape index (κ1) is 17.4. The third kappa shape index (κ3) is 4.80. The Bertz CT molecular complexity index is 588. The van der Waals surface area contributed by atoms with Gasteiger partial charge < -0.3 is 20.4 Å². The Balaban J connectivity index is 1.45. The molecule has 2 aliphatic heterocycles. The molecule has 25 heavy (non-hydrogen) atoms. The van der Waals surface area contributed by atoms with Gasteiger partial charge in [-0.2, -0.15) is 0 Å². The molecule has 0 spiro atoms. The van der Waals surface area contributed by atoms with Crippen molar-refractivity contribution in [2.45, 2.75) is 44.7 Å². The lowest BCUT2D eigenvalue weighted by atomic mass is 10.0. The van der Waals surface area contributed by atoms with Crippen LogP contribution in [-0.4, -0.2) is 65.1 Å². The fraction of sp³-hybridized carbons (Fsp3) is 0.647.